The van der Waals surface area contributed by atoms with Crippen molar-refractivity contribution in [3.8, 4) is 5.69 Å². The van der Waals surface area contributed by atoms with E-state index in [1.807, 2.05) is 62.4 Å². The molecule has 0 saturated carbocycles. The zero-order chi connectivity index (χ0) is 18.8. The summed E-state index contributed by atoms with van der Waals surface area (Å²) in [6, 6.07) is 20.0. The molecule has 4 aromatic rings. The van der Waals surface area contributed by atoms with Crippen LogP contribution in [0.15, 0.2) is 65.8 Å². The molecule has 0 atom stereocenters. The van der Waals surface area contributed by atoms with E-state index in [2.05, 4.69) is 27.7 Å². The van der Waals surface area contributed by atoms with E-state index in [4.69, 9.17) is 0 Å². The average Bonchev–Trinajstić information content (AvgIpc) is 3.16. The number of tetrazole rings is 1. The second kappa shape index (κ2) is 7.32. The predicted octanol–water partition coefficient (Wildman–Crippen LogP) is 4.41. The first kappa shape index (κ1) is 17.4. The van der Waals surface area contributed by atoms with Crippen LogP contribution in [0.2, 0.25) is 0 Å². The minimum Gasteiger partial charge on any atom is -0.293 e. The van der Waals surface area contributed by atoms with Crippen molar-refractivity contribution in [2.24, 2.45) is 0 Å². The number of benzene rings is 3. The topological polar surface area (TPSA) is 60.7 Å². The summed E-state index contributed by atoms with van der Waals surface area (Å²) < 4.78 is 1.70. The third kappa shape index (κ3) is 3.48. The lowest BCUT2D eigenvalue weighted by atomic mass is 10.0. The molecule has 6 heteroatoms. The fourth-order valence-corrected chi connectivity index (χ4v) is 3.82. The van der Waals surface area contributed by atoms with E-state index in [-0.39, 0.29) is 11.5 Å². The maximum Gasteiger partial charge on any atom is 0.214 e. The number of Topliss-reactive ketones (excluding diaryl/α,β-unsaturated/α-hetero) is 1. The highest BCUT2D eigenvalue weighted by atomic mass is 32.2. The summed E-state index contributed by atoms with van der Waals surface area (Å²) in [6.45, 7) is 3.95. The molecule has 134 valence electrons. The number of hydrogen-bond acceptors (Lipinski definition) is 5. The summed E-state index contributed by atoms with van der Waals surface area (Å²) in [6.07, 6.45) is 0. The van der Waals surface area contributed by atoms with E-state index in [1.54, 1.807) is 4.68 Å². The summed E-state index contributed by atoms with van der Waals surface area (Å²) >= 11 is 1.35. The Hall–Kier alpha value is -2.99. The zero-order valence-electron chi connectivity index (χ0n) is 15.1. The number of nitrogens with zero attached hydrogens (tertiary/aromatic N) is 4. The molecule has 0 radical (unpaired) electrons. The number of thioether (sulfide) groups is 1. The molecule has 1 heterocycles. The van der Waals surface area contributed by atoms with Crippen LogP contribution in [0.5, 0.6) is 0 Å². The lowest BCUT2D eigenvalue weighted by molar-refractivity contribution is 0.102. The smallest absolute Gasteiger partial charge is 0.214 e. The van der Waals surface area contributed by atoms with Crippen LogP contribution in [0.4, 0.5) is 0 Å². The van der Waals surface area contributed by atoms with Crippen molar-refractivity contribution < 1.29 is 4.79 Å². The van der Waals surface area contributed by atoms with Crippen molar-refractivity contribution in [1.82, 2.24) is 20.2 Å². The summed E-state index contributed by atoms with van der Waals surface area (Å²) in [5.41, 5.74) is 3.72. The SMILES string of the molecule is Cc1ccc(C)c(C(=O)CSc2nnnn2-c2cccc3ccccc23)c1. The van der Waals surface area contributed by atoms with E-state index in [0.717, 1.165) is 33.2 Å². The lowest BCUT2D eigenvalue weighted by Gasteiger charge is -2.08. The molecule has 0 amide bonds. The Kier molecular flexibility index (Phi) is 4.73. The Morgan fingerprint density at radius 3 is 2.74 bits per heavy atom. The van der Waals surface area contributed by atoms with Crippen LogP contribution in [0, 0.1) is 13.8 Å². The van der Waals surface area contributed by atoms with Gasteiger partial charge in [-0.05, 0) is 47.4 Å². The Balaban J connectivity index is 1.61. The zero-order valence-corrected chi connectivity index (χ0v) is 15.9. The van der Waals surface area contributed by atoms with E-state index in [0.29, 0.717) is 5.16 Å². The molecule has 0 aliphatic heterocycles. The van der Waals surface area contributed by atoms with E-state index < -0.39 is 0 Å². The largest absolute Gasteiger partial charge is 0.293 e. The van der Waals surface area contributed by atoms with Gasteiger partial charge < -0.3 is 0 Å². The van der Waals surface area contributed by atoms with Gasteiger partial charge in [0.05, 0.1) is 11.4 Å². The van der Waals surface area contributed by atoms with Gasteiger partial charge in [0.25, 0.3) is 0 Å². The fraction of sp³-hybridized carbons (Fsp3) is 0.143. The number of carbonyl (C=O) groups excluding carboxylic acids is 1. The van der Waals surface area contributed by atoms with Crippen LogP contribution in [0.25, 0.3) is 16.5 Å². The summed E-state index contributed by atoms with van der Waals surface area (Å²) in [5, 5.41) is 14.9. The summed E-state index contributed by atoms with van der Waals surface area (Å²) in [7, 11) is 0. The van der Waals surface area contributed by atoms with Crippen molar-refractivity contribution in [2.45, 2.75) is 19.0 Å². The quantitative estimate of drug-likeness (QED) is 0.383. The van der Waals surface area contributed by atoms with Crippen LogP contribution >= 0.6 is 11.8 Å². The van der Waals surface area contributed by atoms with Gasteiger partial charge in [0.2, 0.25) is 5.16 Å². The maximum absolute atomic E-state index is 12.7. The number of fused-ring (bicyclic) bond motifs is 1. The van der Waals surface area contributed by atoms with Crippen molar-refractivity contribution in [3.05, 3.63) is 77.4 Å². The highest BCUT2D eigenvalue weighted by Gasteiger charge is 2.15. The van der Waals surface area contributed by atoms with Crippen LogP contribution in [0.1, 0.15) is 21.5 Å². The monoisotopic (exact) mass is 374 g/mol. The number of ketones is 1. The van der Waals surface area contributed by atoms with Crippen LogP contribution < -0.4 is 0 Å². The van der Waals surface area contributed by atoms with Crippen molar-refractivity contribution in [3.63, 3.8) is 0 Å². The molecule has 0 saturated heterocycles. The summed E-state index contributed by atoms with van der Waals surface area (Å²) in [4.78, 5) is 12.7. The Labute approximate surface area is 161 Å². The first-order valence-corrected chi connectivity index (χ1v) is 9.62. The molecule has 4 rings (SSSR count). The fourth-order valence-electron chi connectivity index (χ4n) is 3.06. The van der Waals surface area contributed by atoms with Crippen molar-refractivity contribution >= 4 is 28.3 Å². The van der Waals surface area contributed by atoms with Crippen LogP contribution in [0.3, 0.4) is 0 Å². The number of rotatable bonds is 5. The normalized spacial score (nSPS) is 11.0. The molecule has 3 aromatic carbocycles. The number of aryl methyl sites for hydroxylation is 2. The van der Waals surface area contributed by atoms with E-state index in [1.165, 1.54) is 11.8 Å². The first-order chi connectivity index (χ1) is 13.1. The molecular formula is C21H18N4OS. The third-order valence-electron chi connectivity index (χ3n) is 4.46. The van der Waals surface area contributed by atoms with Gasteiger partial charge in [-0.3, -0.25) is 4.79 Å². The number of hydrogen-bond donors (Lipinski definition) is 0. The molecule has 1 aromatic heterocycles. The lowest BCUT2D eigenvalue weighted by Crippen LogP contribution is -2.07. The van der Waals surface area contributed by atoms with Gasteiger partial charge in [-0.1, -0.05) is 65.9 Å². The summed E-state index contributed by atoms with van der Waals surface area (Å²) in [5.74, 6) is 0.365. The average molecular weight is 374 g/mol. The van der Waals surface area contributed by atoms with Gasteiger partial charge in [-0.15, -0.1) is 5.10 Å². The van der Waals surface area contributed by atoms with Gasteiger partial charge >= 0.3 is 0 Å². The molecule has 0 unspecified atom stereocenters. The molecule has 5 nitrogen and oxygen atoms in total. The molecule has 0 aliphatic carbocycles. The second-order valence-corrected chi connectivity index (χ2v) is 7.34. The van der Waals surface area contributed by atoms with Gasteiger partial charge in [0, 0.05) is 10.9 Å². The van der Waals surface area contributed by atoms with Crippen molar-refractivity contribution in [2.75, 3.05) is 5.75 Å². The van der Waals surface area contributed by atoms with Gasteiger partial charge in [-0.25, -0.2) is 0 Å². The van der Waals surface area contributed by atoms with Gasteiger partial charge in [0.15, 0.2) is 5.78 Å². The third-order valence-corrected chi connectivity index (χ3v) is 5.38. The van der Waals surface area contributed by atoms with Crippen LogP contribution in [-0.2, 0) is 0 Å². The Bertz CT molecular complexity index is 1130. The molecule has 0 N–H and O–H groups in total. The highest BCUT2D eigenvalue weighted by molar-refractivity contribution is 7.99. The number of carbonyl (C=O) groups is 1. The minimum absolute atomic E-state index is 0.0775. The Morgan fingerprint density at radius 1 is 1.04 bits per heavy atom. The standard InChI is InChI=1S/C21H18N4OS/c1-14-10-11-15(2)18(12-14)20(26)13-27-21-22-23-24-25(21)19-9-5-7-16-6-3-4-8-17(16)19/h3-12H,13H2,1-2H3. The Morgan fingerprint density at radius 2 is 1.85 bits per heavy atom. The second-order valence-electron chi connectivity index (χ2n) is 6.40. The van der Waals surface area contributed by atoms with Gasteiger partial charge in [0.1, 0.15) is 0 Å². The van der Waals surface area contributed by atoms with Crippen LogP contribution in [-0.4, -0.2) is 31.7 Å². The highest BCUT2D eigenvalue weighted by Crippen LogP contribution is 2.26. The minimum atomic E-state index is 0.0775. The molecule has 0 aliphatic rings. The molecule has 27 heavy (non-hydrogen) atoms. The predicted molar refractivity (Wildman–Crippen MR) is 108 cm³/mol. The van der Waals surface area contributed by atoms with E-state index >= 15 is 0 Å². The molecule has 0 fully saturated rings. The molecular weight excluding hydrogens is 356 g/mol. The molecule has 0 spiro atoms. The number of aromatic nitrogens is 4. The van der Waals surface area contributed by atoms with Crippen molar-refractivity contribution in [1.29, 1.82) is 0 Å². The maximum atomic E-state index is 12.7. The van der Waals surface area contributed by atoms with Gasteiger partial charge in [-0.2, -0.15) is 4.68 Å². The first-order valence-electron chi connectivity index (χ1n) is 8.63. The van der Waals surface area contributed by atoms with E-state index in [9.17, 15) is 4.79 Å². The molecule has 0 bridgehead atoms.